The van der Waals surface area contributed by atoms with E-state index in [0.29, 0.717) is 55.4 Å². The third-order valence-electron chi connectivity index (χ3n) is 8.25. The van der Waals surface area contributed by atoms with Gasteiger partial charge in [-0.15, -0.1) is 6.42 Å². The van der Waals surface area contributed by atoms with Crippen LogP contribution in [0, 0.1) is 25.1 Å². The summed E-state index contributed by atoms with van der Waals surface area (Å²) in [5, 5.41) is 12.2. The van der Waals surface area contributed by atoms with Crippen molar-refractivity contribution < 1.29 is 9.18 Å². The fourth-order valence-corrected chi connectivity index (χ4v) is 6.27. The van der Waals surface area contributed by atoms with Crippen LogP contribution in [0.15, 0.2) is 37.1 Å². The second-order valence-electron chi connectivity index (χ2n) is 10.8. The number of carbonyl (C=O) groups excluding carboxylic acids is 1. The first-order valence-corrected chi connectivity index (χ1v) is 14.5. The van der Waals surface area contributed by atoms with E-state index < -0.39 is 5.82 Å². The van der Waals surface area contributed by atoms with Crippen molar-refractivity contribution >= 4 is 51.1 Å². The number of H-pyrrole nitrogens is 1. The first-order valence-electron chi connectivity index (χ1n) is 14.1. The lowest BCUT2D eigenvalue weighted by molar-refractivity contribution is -0.126. The largest absolute Gasteiger partial charge is 0.352 e. The van der Waals surface area contributed by atoms with E-state index in [-0.39, 0.29) is 28.1 Å². The van der Waals surface area contributed by atoms with Crippen molar-refractivity contribution in [3.8, 4) is 23.5 Å². The molecule has 2 N–H and O–H groups in total. The summed E-state index contributed by atoms with van der Waals surface area (Å²) >= 11 is 6.87. The SMILES string of the molecule is C#CCN1CCC(Nc2nc(N3CCN(C(=O)C=C)CC3)c3cc(Cl)c(-c4c(C)ccc5[nH]ncc45)c(F)c3n2)CC1. The summed E-state index contributed by atoms with van der Waals surface area (Å²) in [4.78, 5) is 27.9. The van der Waals surface area contributed by atoms with Crippen LogP contribution in [-0.4, -0.2) is 87.7 Å². The van der Waals surface area contributed by atoms with Gasteiger partial charge in [0.05, 0.1) is 23.3 Å². The second-order valence-corrected chi connectivity index (χ2v) is 11.2. The summed E-state index contributed by atoms with van der Waals surface area (Å²) in [6, 6.07) is 5.72. The van der Waals surface area contributed by atoms with Crippen LogP contribution in [0.5, 0.6) is 0 Å². The van der Waals surface area contributed by atoms with E-state index in [4.69, 9.17) is 28.0 Å². The molecule has 0 spiro atoms. The highest BCUT2D eigenvalue weighted by Gasteiger charge is 2.28. The third kappa shape index (κ3) is 5.14. The molecule has 0 radical (unpaired) electrons. The van der Waals surface area contributed by atoms with Gasteiger partial charge in [-0.3, -0.25) is 14.8 Å². The lowest BCUT2D eigenvalue weighted by atomic mass is 9.95. The smallest absolute Gasteiger partial charge is 0.246 e. The van der Waals surface area contributed by atoms with Crippen LogP contribution in [0.25, 0.3) is 32.9 Å². The molecule has 11 heteroatoms. The van der Waals surface area contributed by atoms with Crippen molar-refractivity contribution in [2.24, 2.45) is 0 Å². The number of aromatic amines is 1. The summed E-state index contributed by atoms with van der Waals surface area (Å²) in [5.74, 6) is 3.04. The van der Waals surface area contributed by atoms with Crippen molar-refractivity contribution in [2.75, 3.05) is 56.0 Å². The quantitative estimate of drug-likeness (QED) is 0.252. The van der Waals surface area contributed by atoms with Gasteiger partial charge < -0.3 is 15.1 Å². The van der Waals surface area contributed by atoms with E-state index in [9.17, 15) is 4.79 Å². The summed E-state index contributed by atoms with van der Waals surface area (Å²) in [6.45, 7) is 9.95. The highest BCUT2D eigenvalue weighted by Crippen LogP contribution is 2.42. The second kappa shape index (κ2) is 11.6. The number of nitrogens with one attached hydrogen (secondary N) is 2. The number of anilines is 2. The summed E-state index contributed by atoms with van der Waals surface area (Å²) in [7, 11) is 0. The normalized spacial score (nSPS) is 16.6. The van der Waals surface area contributed by atoms with E-state index in [2.05, 4.69) is 37.8 Å². The van der Waals surface area contributed by atoms with Crippen LogP contribution in [-0.2, 0) is 4.79 Å². The molecule has 2 saturated heterocycles. The molecule has 1 amide bonds. The minimum atomic E-state index is -0.509. The third-order valence-corrected chi connectivity index (χ3v) is 8.54. The Kier molecular flexibility index (Phi) is 7.71. The predicted octanol–water partition coefficient (Wildman–Crippen LogP) is 4.62. The molecule has 6 rings (SSSR count). The predicted molar refractivity (Wildman–Crippen MR) is 165 cm³/mol. The van der Waals surface area contributed by atoms with E-state index in [1.807, 2.05) is 19.1 Å². The monoisotopic (exact) mass is 586 g/mol. The Morgan fingerprint density at radius 1 is 1.19 bits per heavy atom. The summed E-state index contributed by atoms with van der Waals surface area (Å²) < 4.78 is 16.7. The minimum Gasteiger partial charge on any atom is -0.352 e. The van der Waals surface area contributed by atoms with Crippen LogP contribution in [0.2, 0.25) is 5.02 Å². The van der Waals surface area contributed by atoms with Crippen molar-refractivity contribution in [3.63, 3.8) is 0 Å². The molecule has 216 valence electrons. The molecule has 2 fully saturated rings. The number of carbonyl (C=O) groups is 1. The Morgan fingerprint density at radius 3 is 2.67 bits per heavy atom. The minimum absolute atomic E-state index is 0.108. The van der Waals surface area contributed by atoms with Crippen molar-refractivity contribution in [3.05, 3.63) is 53.5 Å². The molecule has 0 aliphatic carbocycles. The summed E-state index contributed by atoms with van der Waals surface area (Å²) in [6.07, 6.45) is 10.3. The number of halogens is 2. The lowest BCUT2D eigenvalue weighted by Gasteiger charge is -2.36. The van der Waals surface area contributed by atoms with Gasteiger partial charge in [0.1, 0.15) is 11.3 Å². The Labute approximate surface area is 248 Å². The molecule has 2 aromatic carbocycles. The van der Waals surface area contributed by atoms with E-state index in [1.165, 1.54) is 6.08 Å². The lowest BCUT2D eigenvalue weighted by Crippen LogP contribution is -2.48. The molecular weight excluding hydrogens is 555 g/mol. The van der Waals surface area contributed by atoms with Crippen LogP contribution in [0.3, 0.4) is 0 Å². The molecule has 0 saturated carbocycles. The molecule has 0 unspecified atom stereocenters. The molecule has 2 aromatic heterocycles. The zero-order chi connectivity index (χ0) is 29.4. The van der Waals surface area contributed by atoms with Crippen LogP contribution < -0.4 is 10.2 Å². The van der Waals surface area contributed by atoms with Crippen molar-refractivity contribution in [1.82, 2.24) is 30.0 Å². The van der Waals surface area contributed by atoms with Gasteiger partial charge in [-0.25, -0.2) is 9.37 Å². The number of piperazine rings is 1. The number of rotatable bonds is 6. The van der Waals surface area contributed by atoms with Crippen LogP contribution in [0.1, 0.15) is 18.4 Å². The molecule has 2 aliphatic heterocycles. The zero-order valence-corrected chi connectivity index (χ0v) is 24.2. The molecule has 0 bridgehead atoms. The van der Waals surface area contributed by atoms with Gasteiger partial charge in [0.25, 0.3) is 0 Å². The fourth-order valence-electron chi connectivity index (χ4n) is 5.99. The van der Waals surface area contributed by atoms with Gasteiger partial charge in [0.15, 0.2) is 5.82 Å². The number of hydrogen-bond donors (Lipinski definition) is 2. The number of aryl methyl sites for hydroxylation is 1. The number of aromatic nitrogens is 4. The van der Waals surface area contributed by atoms with Gasteiger partial charge in [-0.2, -0.15) is 10.1 Å². The van der Waals surface area contributed by atoms with Gasteiger partial charge in [0, 0.05) is 67.2 Å². The van der Waals surface area contributed by atoms with Gasteiger partial charge in [-0.05, 0) is 43.5 Å². The average molecular weight is 587 g/mol. The Morgan fingerprint density at radius 2 is 1.95 bits per heavy atom. The number of nitrogens with zero attached hydrogens (tertiary/aromatic N) is 6. The summed E-state index contributed by atoms with van der Waals surface area (Å²) in [5.41, 5.74) is 2.82. The van der Waals surface area contributed by atoms with Gasteiger partial charge >= 0.3 is 0 Å². The Bertz CT molecular complexity index is 1710. The van der Waals surface area contributed by atoms with E-state index in [1.54, 1.807) is 17.2 Å². The van der Waals surface area contributed by atoms with Gasteiger partial charge in [-0.1, -0.05) is 30.2 Å². The number of amides is 1. The molecule has 2 aliphatic rings. The standard InChI is InChI=1S/C31H32ClFN8O/c1-4-10-39-11-8-20(9-12-39)35-31-36-29-21(30(37-31)41-15-13-40(14-16-41)25(42)5-2)17-23(32)27(28(29)33)26-19(3)6-7-24-22(26)18-34-38-24/h1,5-7,17-18,20H,2,8-16H2,3H3,(H,34,38)(H,35,36,37). The molecule has 9 nitrogen and oxygen atoms in total. The molecule has 4 aromatic rings. The number of hydrogen-bond acceptors (Lipinski definition) is 7. The zero-order valence-electron chi connectivity index (χ0n) is 23.5. The van der Waals surface area contributed by atoms with E-state index >= 15 is 4.39 Å². The van der Waals surface area contributed by atoms with Crippen LogP contribution >= 0.6 is 11.6 Å². The highest BCUT2D eigenvalue weighted by atomic mass is 35.5. The Hall–Kier alpha value is -4.20. The number of benzene rings is 2. The number of fused-ring (bicyclic) bond motifs is 2. The first kappa shape index (κ1) is 27.9. The Balaban J connectivity index is 1.44. The number of likely N-dealkylation sites (tertiary alicyclic amines) is 1. The van der Waals surface area contributed by atoms with Crippen molar-refractivity contribution in [1.29, 1.82) is 0 Å². The van der Waals surface area contributed by atoms with Gasteiger partial charge in [0.2, 0.25) is 11.9 Å². The van der Waals surface area contributed by atoms with E-state index in [0.717, 1.165) is 42.4 Å². The maximum Gasteiger partial charge on any atom is 0.246 e. The first-order chi connectivity index (χ1) is 20.4. The average Bonchev–Trinajstić information content (AvgIpc) is 3.48. The van der Waals surface area contributed by atoms with Crippen molar-refractivity contribution in [2.45, 2.75) is 25.8 Å². The fraction of sp³-hybridized carbons (Fsp3) is 0.355. The van der Waals surface area contributed by atoms with Crippen LogP contribution in [0.4, 0.5) is 16.2 Å². The number of piperidine rings is 1. The maximum absolute atomic E-state index is 16.7. The topological polar surface area (TPSA) is 93.3 Å². The molecule has 4 heterocycles. The highest BCUT2D eigenvalue weighted by molar-refractivity contribution is 6.35. The molecule has 0 atom stereocenters. The molecule has 42 heavy (non-hydrogen) atoms. The number of terminal acetylenes is 1. The maximum atomic E-state index is 16.7. The molecular formula is C31H32ClFN8O.